The molecule has 2 rings (SSSR count). The van der Waals surface area contributed by atoms with Crippen LogP contribution in [-0.2, 0) is 22.6 Å². The summed E-state index contributed by atoms with van der Waals surface area (Å²) in [4.78, 5) is 24.2. The average molecular weight is 413 g/mol. The number of ether oxygens (including phenoxy) is 3. The second-order valence-corrected chi connectivity index (χ2v) is 6.41. The van der Waals surface area contributed by atoms with Gasteiger partial charge in [0.1, 0.15) is 5.75 Å². The number of para-hydroxylation sites is 1. The van der Waals surface area contributed by atoms with Crippen molar-refractivity contribution in [2.45, 2.75) is 19.4 Å². The molecule has 0 atom stereocenters. The van der Waals surface area contributed by atoms with E-state index in [1.54, 1.807) is 32.4 Å². The molecule has 160 valence electrons. The molecule has 0 unspecified atom stereocenters. The Balaban J connectivity index is 1.75. The van der Waals surface area contributed by atoms with E-state index in [1.165, 1.54) is 7.11 Å². The second-order valence-electron chi connectivity index (χ2n) is 6.41. The van der Waals surface area contributed by atoms with Gasteiger partial charge in [0.25, 0.3) is 0 Å². The molecule has 0 saturated heterocycles. The molecule has 0 aliphatic rings. The number of amides is 2. The van der Waals surface area contributed by atoms with Gasteiger partial charge in [0, 0.05) is 17.8 Å². The minimum absolute atomic E-state index is 0.0196. The molecule has 0 radical (unpaired) electrons. The highest BCUT2D eigenvalue weighted by Gasteiger charge is 2.10. The van der Waals surface area contributed by atoms with Crippen molar-refractivity contribution in [2.24, 2.45) is 0 Å². The van der Waals surface area contributed by atoms with Gasteiger partial charge in [-0.2, -0.15) is 0 Å². The molecular weight excluding hydrogens is 386 g/mol. The van der Waals surface area contributed by atoms with E-state index in [9.17, 15) is 9.59 Å². The van der Waals surface area contributed by atoms with Gasteiger partial charge in [0.2, 0.25) is 11.8 Å². The van der Waals surface area contributed by atoms with Gasteiger partial charge in [-0.3, -0.25) is 15.0 Å². The van der Waals surface area contributed by atoms with E-state index in [0.717, 1.165) is 11.1 Å². The zero-order valence-electron chi connectivity index (χ0n) is 17.4. The van der Waals surface area contributed by atoms with Gasteiger partial charge in [0.05, 0.1) is 34.2 Å². The Morgan fingerprint density at radius 3 is 2.27 bits per heavy atom. The Hall–Kier alpha value is -3.68. The van der Waals surface area contributed by atoms with Crippen LogP contribution in [0.1, 0.15) is 17.5 Å². The molecule has 8 nitrogen and oxygen atoms in total. The molecule has 3 N–H and O–H groups in total. The summed E-state index contributed by atoms with van der Waals surface area (Å²) in [7, 11) is 4.66. The molecular formula is C22H27N3O5. The van der Waals surface area contributed by atoms with Crippen LogP contribution in [0.5, 0.6) is 17.2 Å². The maximum Gasteiger partial charge on any atom is 0.242 e. The minimum Gasteiger partial charge on any atom is -0.496 e. The molecule has 0 bridgehead atoms. The number of methoxy groups -OCH3 is 3. The minimum atomic E-state index is -0.280. The molecule has 2 aromatic carbocycles. The lowest BCUT2D eigenvalue weighted by molar-refractivity contribution is -0.122. The van der Waals surface area contributed by atoms with Crippen molar-refractivity contribution in [3.05, 3.63) is 65.9 Å². The molecule has 0 heterocycles. The van der Waals surface area contributed by atoms with Crippen LogP contribution in [0.25, 0.3) is 0 Å². The van der Waals surface area contributed by atoms with Crippen LogP contribution < -0.4 is 30.4 Å². The van der Waals surface area contributed by atoms with Gasteiger partial charge < -0.3 is 25.0 Å². The number of carbonyl (C=O) groups is 2. The highest BCUT2D eigenvalue weighted by Crippen LogP contribution is 2.27. The Morgan fingerprint density at radius 2 is 1.57 bits per heavy atom. The lowest BCUT2D eigenvalue weighted by Gasteiger charge is -2.13. The van der Waals surface area contributed by atoms with E-state index >= 15 is 0 Å². The zero-order valence-corrected chi connectivity index (χ0v) is 17.4. The van der Waals surface area contributed by atoms with Crippen molar-refractivity contribution in [3.8, 4) is 17.2 Å². The number of benzene rings is 2. The second kappa shape index (κ2) is 11.4. The first kappa shape index (κ1) is 22.6. The molecule has 0 aromatic heterocycles. The van der Waals surface area contributed by atoms with Gasteiger partial charge in [-0.05, 0) is 23.8 Å². The van der Waals surface area contributed by atoms with Crippen LogP contribution in [0, 0.1) is 0 Å². The Kier molecular flexibility index (Phi) is 8.56. The Bertz CT molecular complexity index is 898. The first-order valence-electron chi connectivity index (χ1n) is 9.29. The third-order valence-corrected chi connectivity index (χ3v) is 4.23. The summed E-state index contributed by atoms with van der Waals surface area (Å²) in [5.41, 5.74) is 7.20. The van der Waals surface area contributed by atoms with Crippen molar-refractivity contribution in [1.82, 2.24) is 16.2 Å². The molecule has 0 spiro atoms. The Morgan fingerprint density at radius 1 is 0.867 bits per heavy atom. The fourth-order valence-electron chi connectivity index (χ4n) is 2.72. The third-order valence-electron chi connectivity index (χ3n) is 4.23. The topological polar surface area (TPSA) is 97.9 Å². The van der Waals surface area contributed by atoms with Crippen molar-refractivity contribution in [1.29, 1.82) is 0 Å². The fourth-order valence-corrected chi connectivity index (χ4v) is 2.72. The largest absolute Gasteiger partial charge is 0.496 e. The number of carbonyl (C=O) groups excluding carboxylic acids is 2. The number of hydrogen-bond donors (Lipinski definition) is 3. The molecule has 0 aliphatic carbocycles. The molecule has 8 heteroatoms. The maximum absolute atomic E-state index is 12.1. The van der Waals surface area contributed by atoms with Gasteiger partial charge in [0.15, 0.2) is 11.5 Å². The van der Waals surface area contributed by atoms with E-state index in [1.807, 2.05) is 24.3 Å². The molecule has 0 fully saturated rings. The smallest absolute Gasteiger partial charge is 0.242 e. The van der Waals surface area contributed by atoms with Gasteiger partial charge in [-0.25, -0.2) is 0 Å². The predicted octanol–water partition coefficient (Wildman–Crippen LogP) is 2.10. The van der Waals surface area contributed by atoms with Crippen molar-refractivity contribution in [3.63, 3.8) is 0 Å². The average Bonchev–Trinajstić information content (AvgIpc) is 2.76. The van der Waals surface area contributed by atoms with E-state index in [0.29, 0.717) is 29.5 Å². The van der Waals surface area contributed by atoms with E-state index in [-0.39, 0.29) is 24.7 Å². The SMILES string of the molecule is C=C(CC(=O)NCc1ccccc1OC)NNC(=O)Cc1ccc(OC)c(OC)c1. The lowest BCUT2D eigenvalue weighted by atomic mass is 10.1. The first-order chi connectivity index (χ1) is 14.5. The van der Waals surface area contributed by atoms with Crippen LogP contribution in [0.15, 0.2) is 54.7 Å². The molecule has 0 aliphatic heterocycles. The standard InChI is InChI=1S/C22H27N3O5/c1-15(11-21(26)23-14-17-7-5-6-8-18(17)28-2)24-25-22(27)13-16-9-10-19(29-3)20(12-16)30-4/h5-10,12,24H,1,11,13-14H2,2-4H3,(H,23,26)(H,25,27). The number of hydrazine groups is 1. The number of hydrogen-bond acceptors (Lipinski definition) is 6. The molecule has 2 aromatic rings. The maximum atomic E-state index is 12.1. The number of rotatable bonds is 11. The highest BCUT2D eigenvalue weighted by atomic mass is 16.5. The number of nitrogens with one attached hydrogen (secondary N) is 3. The van der Waals surface area contributed by atoms with Crippen LogP contribution in [0.2, 0.25) is 0 Å². The summed E-state index contributed by atoms with van der Waals surface area (Å²) in [6.07, 6.45) is 0.145. The lowest BCUT2D eigenvalue weighted by Crippen LogP contribution is -2.38. The zero-order chi connectivity index (χ0) is 21.9. The van der Waals surface area contributed by atoms with E-state index < -0.39 is 0 Å². The quantitative estimate of drug-likeness (QED) is 0.488. The van der Waals surface area contributed by atoms with Crippen LogP contribution in [0.3, 0.4) is 0 Å². The summed E-state index contributed by atoms with van der Waals surface area (Å²) < 4.78 is 15.7. The van der Waals surface area contributed by atoms with Crippen LogP contribution >= 0.6 is 0 Å². The summed E-state index contributed by atoms with van der Waals surface area (Å²) >= 11 is 0. The Labute approximate surface area is 176 Å². The predicted molar refractivity (Wildman–Crippen MR) is 113 cm³/mol. The molecule has 2 amide bonds. The normalized spacial score (nSPS) is 9.97. The summed E-state index contributed by atoms with van der Waals surface area (Å²) in [5, 5.41) is 2.80. The van der Waals surface area contributed by atoms with Gasteiger partial charge >= 0.3 is 0 Å². The van der Waals surface area contributed by atoms with Crippen molar-refractivity contribution >= 4 is 11.8 Å². The van der Waals surface area contributed by atoms with E-state index in [4.69, 9.17) is 14.2 Å². The van der Waals surface area contributed by atoms with Gasteiger partial charge in [-0.15, -0.1) is 0 Å². The van der Waals surface area contributed by atoms with E-state index in [2.05, 4.69) is 22.7 Å². The monoisotopic (exact) mass is 413 g/mol. The molecule has 30 heavy (non-hydrogen) atoms. The summed E-state index contributed by atoms with van der Waals surface area (Å²) in [6, 6.07) is 12.7. The van der Waals surface area contributed by atoms with Crippen LogP contribution in [0.4, 0.5) is 0 Å². The first-order valence-corrected chi connectivity index (χ1v) is 9.29. The van der Waals surface area contributed by atoms with Crippen LogP contribution in [-0.4, -0.2) is 33.1 Å². The van der Waals surface area contributed by atoms with Gasteiger partial charge in [-0.1, -0.05) is 30.8 Å². The summed E-state index contributed by atoms with van der Waals surface area (Å²) in [6.45, 7) is 4.10. The fraction of sp³-hybridized carbons (Fsp3) is 0.273. The van der Waals surface area contributed by atoms with Crippen molar-refractivity contribution in [2.75, 3.05) is 21.3 Å². The third kappa shape index (κ3) is 6.73. The molecule has 0 saturated carbocycles. The van der Waals surface area contributed by atoms with Crippen molar-refractivity contribution < 1.29 is 23.8 Å². The highest BCUT2D eigenvalue weighted by molar-refractivity contribution is 5.80. The summed E-state index contributed by atoms with van der Waals surface area (Å²) in [5.74, 6) is 1.33.